The minimum atomic E-state index is 0.109. The summed E-state index contributed by atoms with van der Waals surface area (Å²) in [6, 6.07) is 12.5. The fourth-order valence-electron chi connectivity index (χ4n) is 1.74. The van der Waals surface area contributed by atoms with Gasteiger partial charge in [0, 0.05) is 6.54 Å². The van der Waals surface area contributed by atoms with Crippen molar-refractivity contribution in [1.29, 1.82) is 0 Å². The zero-order valence-corrected chi connectivity index (χ0v) is 13.0. The number of rotatable bonds is 4. The Labute approximate surface area is 133 Å². The molecule has 0 fully saturated rings. The zero-order valence-electron chi connectivity index (χ0n) is 11.4. The van der Waals surface area contributed by atoms with Crippen molar-refractivity contribution in [3.8, 4) is 11.5 Å². The molecule has 0 aromatic heterocycles. The quantitative estimate of drug-likeness (QED) is 0.752. The molecule has 0 spiro atoms. The minimum Gasteiger partial charge on any atom is -0.504 e. The van der Waals surface area contributed by atoms with Crippen LogP contribution in [0.15, 0.2) is 42.5 Å². The Hall–Kier alpha value is -1.98. The van der Waals surface area contributed by atoms with Crippen molar-refractivity contribution in [2.75, 3.05) is 12.4 Å². The van der Waals surface area contributed by atoms with Crippen molar-refractivity contribution in [2.45, 2.75) is 6.54 Å². The van der Waals surface area contributed by atoms with Crippen molar-refractivity contribution < 1.29 is 9.84 Å². The van der Waals surface area contributed by atoms with E-state index in [0.717, 1.165) is 11.3 Å². The van der Waals surface area contributed by atoms with Crippen LogP contribution < -0.4 is 15.4 Å². The molecule has 4 nitrogen and oxygen atoms in total. The molecule has 0 atom stereocenters. The zero-order chi connectivity index (χ0) is 15.2. The largest absolute Gasteiger partial charge is 0.504 e. The summed E-state index contributed by atoms with van der Waals surface area (Å²) in [4.78, 5) is 0. The maximum absolute atomic E-state index is 9.54. The number of para-hydroxylation sites is 1. The van der Waals surface area contributed by atoms with E-state index in [-0.39, 0.29) is 5.75 Å². The van der Waals surface area contributed by atoms with E-state index in [1.165, 1.54) is 7.11 Å². The first-order valence-electron chi connectivity index (χ1n) is 6.25. The molecule has 0 aliphatic carbocycles. The fraction of sp³-hybridized carbons (Fsp3) is 0.133. The number of nitrogens with one attached hydrogen (secondary N) is 2. The summed E-state index contributed by atoms with van der Waals surface area (Å²) in [6.07, 6.45) is 0. The topological polar surface area (TPSA) is 53.5 Å². The monoisotopic (exact) mass is 322 g/mol. The Bertz CT molecular complexity index is 649. The lowest BCUT2D eigenvalue weighted by Gasteiger charge is -2.12. The van der Waals surface area contributed by atoms with Gasteiger partial charge in [0.25, 0.3) is 0 Å². The first-order chi connectivity index (χ1) is 10.1. The highest BCUT2D eigenvalue weighted by Crippen LogP contribution is 2.26. The maximum atomic E-state index is 9.54. The van der Waals surface area contributed by atoms with Gasteiger partial charge in [0.1, 0.15) is 0 Å². The van der Waals surface area contributed by atoms with Gasteiger partial charge in [0.15, 0.2) is 16.6 Å². The van der Waals surface area contributed by atoms with Crippen LogP contribution in [0.2, 0.25) is 5.02 Å². The highest BCUT2D eigenvalue weighted by atomic mass is 35.5. The summed E-state index contributed by atoms with van der Waals surface area (Å²) < 4.78 is 5.06. The summed E-state index contributed by atoms with van der Waals surface area (Å²) in [7, 11) is 1.51. The third kappa shape index (κ3) is 4.24. The average Bonchev–Trinajstić information content (AvgIpc) is 2.49. The molecule has 2 rings (SSSR count). The summed E-state index contributed by atoms with van der Waals surface area (Å²) >= 11 is 11.3. The minimum absolute atomic E-state index is 0.109. The van der Waals surface area contributed by atoms with E-state index in [2.05, 4.69) is 10.6 Å². The average molecular weight is 323 g/mol. The number of phenols is 1. The molecule has 0 heterocycles. The van der Waals surface area contributed by atoms with Gasteiger partial charge in [-0.05, 0) is 42.0 Å². The van der Waals surface area contributed by atoms with Crippen LogP contribution in [0.1, 0.15) is 5.56 Å². The highest BCUT2D eigenvalue weighted by Gasteiger charge is 2.04. The molecule has 0 saturated carbocycles. The molecule has 0 aliphatic heterocycles. The van der Waals surface area contributed by atoms with Crippen LogP contribution in [-0.2, 0) is 6.54 Å². The molecule has 2 aromatic rings. The van der Waals surface area contributed by atoms with Crippen LogP contribution in [0.4, 0.5) is 5.69 Å². The normalized spacial score (nSPS) is 10.0. The van der Waals surface area contributed by atoms with Crippen LogP contribution in [0.3, 0.4) is 0 Å². The standard InChI is InChI=1S/C15H15ClN2O2S/c1-20-14-8-10(6-7-13(14)19)9-17-15(21)18-12-5-3-2-4-11(12)16/h2-8,19H,9H2,1H3,(H2,17,18,21). The molecule has 2 aromatic carbocycles. The number of ether oxygens (including phenoxy) is 1. The molecule has 0 bridgehead atoms. The molecule has 0 unspecified atom stereocenters. The summed E-state index contributed by atoms with van der Waals surface area (Å²) in [6.45, 7) is 0.507. The SMILES string of the molecule is COc1cc(CNC(=S)Nc2ccccc2Cl)ccc1O. The van der Waals surface area contributed by atoms with Crippen molar-refractivity contribution >= 4 is 34.6 Å². The number of hydrogen-bond acceptors (Lipinski definition) is 3. The molecule has 0 amide bonds. The molecular formula is C15H15ClN2O2S. The third-order valence-electron chi connectivity index (χ3n) is 2.82. The van der Waals surface area contributed by atoms with Crippen molar-refractivity contribution in [3.05, 3.63) is 53.1 Å². The van der Waals surface area contributed by atoms with Gasteiger partial charge in [-0.2, -0.15) is 0 Å². The van der Waals surface area contributed by atoms with E-state index in [4.69, 9.17) is 28.6 Å². The van der Waals surface area contributed by atoms with Gasteiger partial charge in [-0.3, -0.25) is 0 Å². The Morgan fingerprint density at radius 1 is 1.29 bits per heavy atom. The first kappa shape index (κ1) is 15.4. The van der Waals surface area contributed by atoms with Gasteiger partial charge in [0.05, 0.1) is 17.8 Å². The fourth-order valence-corrected chi connectivity index (χ4v) is 2.11. The number of halogens is 1. The van der Waals surface area contributed by atoms with E-state index >= 15 is 0 Å². The van der Waals surface area contributed by atoms with Gasteiger partial charge >= 0.3 is 0 Å². The van der Waals surface area contributed by atoms with Gasteiger partial charge < -0.3 is 20.5 Å². The van der Waals surface area contributed by atoms with Gasteiger partial charge in [0.2, 0.25) is 0 Å². The third-order valence-corrected chi connectivity index (χ3v) is 3.40. The number of hydrogen-bond donors (Lipinski definition) is 3. The van der Waals surface area contributed by atoms with Gasteiger partial charge in [-0.25, -0.2) is 0 Å². The lowest BCUT2D eigenvalue weighted by Crippen LogP contribution is -2.27. The van der Waals surface area contributed by atoms with Crippen LogP contribution in [0.5, 0.6) is 11.5 Å². The van der Waals surface area contributed by atoms with Crippen LogP contribution in [0.25, 0.3) is 0 Å². The highest BCUT2D eigenvalue weighted by molar-refractivity contribution is 7.80. The number of benzene rings is 2. The predicted octanol–water partition coefficient (Wildman–Crippen LogP) is 3.54. The number of phenolic OH excluding ortho intramolecular Hbond substituents is 1. The van der Waals surface area contributed by atoms with E-state index in [9.17, 15) is 5.11 Å². The summed E-state index contributed by atoms with van der Waals surface area (Å²) in [5, 5.41) is 16.7. The Morgan fingerprint density at radius 3 is 2.76 bits per heavy atom. The molecule has 0 aliphatic rings. The second-order valence-electron chi connectivity index (χ2n) is 4.29. The van der Waals surface area contributed by atoms with E-state index < -0.39 is 0 Å². The summed E-state index contributed by atoms with van der Waals surface area (Å²) in [5.41, 5.74) is 1.69. The number of anilines is 1. The lowest BCUT2D eigenvalue weighted by molar-refractivity contribution is 0.373. The van der Waals surface area contributed by atoms with Gasteiger partial charge in [-0.1, -0.05) is 29.8 Å². The molecule has 6 heteroatoms. The lowest BCUT2D eigenvalue weighted by atomic mass is 10.2. The van der Waals surface area contributed by atoms with Crippen molar-refractivity contribution in [1.82, 2.24) is 5.32 Å². The molecule has 21 heavy (non-hydrogen) atoms. The molecule has 3 N–H and O–H groups in total. The second kappa shape index (κ2) is 7.15. The van der Waals surface area contributed by atoms with Crippen molar-refractivity contribution in [2.24, 2.45) is 0 Å². The van der Waals surface area contributed by atoms with E-state index in [0.29, 0.717) is 22.4 Å². The number of aromatic hydroxyl groups is 1. The van der Waals surface area contributed by atoms with Crippen LogP contribution in [-0.4, -0.2) is 17.3 Å². The van der Waals surface area contributed by atoms with E-state index in [1.54, 1.807) is 24.3 Å². The molecule has 110 valence electrons. The molecule has 0 radical (unpaired) electrons. The predicted molar refractivity (Wildman–Crippen MR) is 89.2 cm³/mol. The second-order valence-corrected chi connectivity index (χ2v) is 5.11. The number of methoxy groups -OCH3 is 1. The molecule has 0 saturated heterocycles. The smallest absolute Gasteiger partial charge is 0.171 e. The van der Waals surface area contributed by atoms with Gasteiger partial charge in [-0.15, -0.1) is 0 Å². The number of thiocarbonyl (C=S) groups is 1. The summed E-state index contributed by atoms with van der Waals surface area (Å²) in [5.74, 6) is 0.539. The van der Waals surface area contributed by atoms with Crippen molar-refractivity contribution in [3.63, 3.8) is 0 Å². The van der Waals surface area contributed by atoms with E-state index in [1.807, 2.05) is 18.2 Å². The first-order valence-corrected chi connectivity index (χ1v) is 7.04. The Balaban J connectivity index is 1.94. The Kier molecular flexibility index (Phi) is 5.25. The van der Waals surface area contributed by atoms with Crippen LogP contribution >= 0.6 is 23.8 Å². The Morgan fingerprint density at radius 2 is 2.05 bits per heavy atom. The molecular weight excluding hydrogens is 308 g/mol. The maximum Gasteiger partial charge on any atom is 0.171 e. The van der Waals surface area contributed by atoms with Crippen LogP contribution in [0, 0.1) is 0 Å².